The normalized spacial score (nSPS) is 14.6. The molecule has 4 rings (SSSR count). The van der Waals surface area contributed by atoms with Crippen LogP contribution >= 0.6 is 22.9 Å². The molecule has 0 aliphatic carbocycles. The van der Waals surface area contributed by atoms with E-state index in [4.69, 9.17) is 21.3 Å². The summed E-state index contributed by atoms with van der Waals surface area (Å²) in [4.78, 5) is 21.3. The van der Waals surface area contributed by atoms with Crippen LogP contribution in [0.15, 0.2) is 42.5 Å². The van der Waals surface area contributed by atoms with Gasteiger partial charge in [0, 0.05) is 31.2 Å². The predicted octanol–water partition coefficient (Wildman–Crippen LogP) is 3.99. The number of para-hydroxylation sites is 1. The van der Waals surface area contributed by atoms with Crippen LogP contribution in [0.25, 0.3) is 10.2 Å². The molecule has 3 aromatic rings. The first-order valence-corrected chi connectivity index (χ1v) is 10.1. The SMILES string of the molecule is Cc1c(Cl)ccc2sc(N3CCN(C(=O)COc4ccccc4)CC3)nc12. The Hall–Kier alpha value is -2.31. The molecular formula is C20H20ClN3O2S. The van der Waals surface area contributed by atoms with Crippen LogP contribution in [0.4, 0.5) is 5.13 Å². The summed E-state index contributed by atoms with van der Waals surface area (Å²) >= 11 is 7.88. The van der Waals surface area contributed by atoms with Gasteiger partial charge in [0.2, 0.25) is 0 Å². The summed E-state index contributed by atoms with van der Waals surface area (Å²) in [7, 11) is 0. The van der Waals surface area contributed by atoms with Gasteiger partial charge in [-0.3, -0.25) is 4.79 Å². The summed E-state index contributed by atoms with van der Waals surface area (Å²) < 4.78 is 6.71. The van der Waals surface area contributed by atoms with Crippen LogP contribution in [0, 0.1) is 6.92 Å². The van der Waals surface area contributed by atoms with E-state index in [1.165, 1.54) is 0 Å². The van der Waals surface area contributed by atoms with Gasteiger partial charge in [-0.15, -0.1) is 0 Å². The van der Waals surface area contributed by atoms with Crippen molar-refractivity contribution >= 4 is 44.2 Å². The molecule has 1 saturated heterocycles. The number of hydrogen-bond acceptors (Lipinski definition) is 5. The number of halogens is 1. The predicted molar refractivity (Wildman–Crippen MR) is 110 cm³/mol. The molecule has 0 radical (unpaired) electrons. The monoisotopic (exact) mass is 401 g/mol. The van der Waals surface area contributed by atoms with Crippen molar-refractivity contribution in [2.75, 3.05) is 37.7 Å². The lowest BCUT2D eigenvalue weighted by molar-refractivity contribution is -0.133. The number of carbonyl (C=O) groups excluding carboxylic acids is 1. The minimum atomic E-state index is 0.0189. The molecular weight excluding hydrogens is 382 g/mol. The first-order chi connectivity index (χ1) is 13.1. The van der Waals surface area contributed by atoms with E-state index in [0.717, 1.165) is 39.0 Å². The number of amides is 1. The third-order valence-corrected chi connectivity index (χ3v) is 6.24. The van der Waals surface area contributed by atoms with Gasteiger partial charge in [-0.05, 0) is 36.8 Å². The van der Waals surface area contributed by atoms with Crippen molar-refractivity contribution < 1.29 is 9.53 Å². The van der Waals surface area contributed by atoms with Crippen molar-refractivity contribution in [1.82, 2.24) is 9.88 Å². The van der Waals surface area contributed by atoms with E-state index in [0.29, 0.717) is 18.8 Å². The van der Waals surface area contributed by atoms with Gasteiger partial charge in [0.15, 0.2) is 11.7 Å². The smallest absolute Gasteiger partial charge is 0.260 e. The summed E-state index contributed by atoms with van der Waals surface area (Å²) in [5.74, 6) is 0.735. The average Bonchev–Trinajstić information content (AvgIpc) is 3.15. The molecule has 0 atom stereocenters. The second kappa shape index (κ2) is 7.74. The minimum absolute atomic E-state index is 0.0189. The number of carbonyl (C=O) groups is 1. The molecule has 0 unspecified atom stereocenters. The Morgan fingerprint density at radius 1 is 1.15 bits per heavy atom. The van der Waals surface area contributed by atoms with E-state index in [-0.39, 0.29) is 12.5 Å². The van der Waals surface area contributed by atoms with Crippen LogP contribution < -0.4 is 9.64 Å². The Balaban J connectivity index is 1.36. The first kappa shape index (κ1) is 18.1. The fourth-order valence-electron chi connectivity index (χ4n) is 3.12. The van der Waals surface area contributed by atoms with Crippen LogP contribution in [-0.2, 0) is 4.79 Å². The second-order valence-electron chi connectivity index (χ2n) is 6.49. The van der Waals surface area contributed by atoms with E-state index in [1.54, 1.807) is 11.3 Å². The number of ether oxygens (including phenoxy) is 1. The third kappa shape index (κ3) is 3.87. The zero-order valence-electron chi connectivity index (χ0n) is 15.0. The van der Waals surface area contributed by atoms with Gasteiger partial charge in [-0.1, -0.05) is 41.1 Å². The van der Waals surface area contributed by atoms with Crippen LogP contribution in [0.1, 0.15) is 5.56 Å². The van der Waals surface area contributed by atoms with E-state index in [1.807, 2.05) is 54.3 Å². The highest BCUT2D eigenvalue weighted by molar-refractivity contribution is 7.22. The van der Waals surface area contributed by atoms with Gasteiger partial charge >= 0.3 is 0 Å². The number of aryl methyl sites for hydroxylation is 1. The van der Waals surface area contributed by atoms with E-state index in [9.17, 15) is 4.79 Å². The van der Waals surface area contributed by atoms with E-state index < -0.39 is 0 Å². The molecule has 1 fully saturated rings. The Labute approximate surface area is 167 Å². The highest BCUT2D eigenvalue weighted by atomic mass is 35.5. The lowest BCUT2D eigenvalue weighted by Gasteiger charge is -2.34. The first-order valence-electron chi connectivity index (χ1n) is 8.88. The van der Waals surface area contributed by atoms with Gasteiger partial charge in [0.25, 0.3) is 5.91 Å². The van der Waals surface area contributed by atoms with Crippen molar-refractivity contribution in [1.29, 1.82) is 0 Å². The molecule has 1 aliphatic heterocycles. The van der Waals surface area contributed by atoms with Crippen molar-refractivity contribution in [2.45, 2.75) is 6.92 Å². The van der Waals surface area contributed by atoms with Crippen molar-refractivity contribution in [3.8, 4) is 5.75 Å². The van der Waals surface area contributed by atoms with Crippen molar-refractivity contribution in [3.05, 3.63) is 53.1 Å². The lowest BCUT2D eigenvalue weighted by Crippen LogP contribution is -2.50. The summed E-state index contributed by atoms with van der Waals surface area (Å²) in [6.45, 7) is 4.95. The molecule has 0 spiro atoms. The standard InChI is InChI=1S/C20H20ClN3O2S/c1-14-16(21)7-8-17-19(14)22-20(27-17)24-11-9-23(10-12-24)18(25)13-26-15-5-3-2-4-6-15/h2-8H,9-13H2,1H3. The van der Waals surface area contributed by atoms with Crippen molar-refractivity contribution in [3.63, 3.8) is 0 Å². The number of fused-ring (bicyclic) bond motifs is 1. The van der Waals surface area contributed by atoms with Gasteiger partial charge in [-0.2, -0.15) is 0 Å². The maximum absolute atomic E-state index is 12.4. The quantitative estimate of drug-likeness (QED) is 0.663. The minimum Gasteiger partial charge on any atom is -0.484 e. The Bertz CT molecular complexity index is 953. The zero-order valence-corrected chi connectivity index (χ0v) is 16.6. The molecule has 1 amide bonds. The van der Waals surface area contributed by atoms with Crippen LogP contribution in [0.2, 0.25) is 5.02 Å². The largest absolute Gasteiger partial charge is 0.484 e. The van der Waals surface area contributed by atoms with Crippen molar-refractivity contribution in [2.24, 2.45) is 0 Å². The molecule has 27 heavy (non-hydrogen) atoms. The van der Waals surface area contributed by atoms with Crippen LogP contribution in [0.5, 0.6) is 5.75 Å². The number of nitrogens with zero attached hydrogens (tertiary/aromatic N) is 3. The molecule has 0 saturated carbocycles. The maximum atomic E-state index is 12.4. The number of piperazine rings is 1. The molecule has 2 heterocycles. The highest BCUT2D eigenvalue weighted by Gasteiger charge is 2.23. The van der Waals surface area contributed by atoms with Crippen LogP contribution in [0.3, 0.4) is 0 Å². The fourth-order valence-corrected chi connectivity index (χ4v) is 4.35. The van der Waals surface area contributed by atoms with Crippen LogP contribution in [-0.4, -0.2) is 48.6 Å². The van der Waals surface area contributed by atoms with Gasteiger partial charge in [0.1, 0.15) is 5.75 Å². The number of rotatable bonds is 4. The zero-order chi connectivity index (χ0) is 18.8. The number of benzene rings is 2. The summed E-state index contributed by atoms with van der Waals surface area (Å²) in [6.07, 6.45) is 0. The van der Waals surface area contributed by atoms with E-state index >= 15 is 0 Å². The van der Waals surface area contributed by atoms with Gasteiger partial charge in [-0.25, -0.2) is 4.98 Å². The topological polar surface area (TPSA) is 45.7 Å². The summed E-state index contributed by atoms with van der Waals surface area (Å²) in [6, 6.07) is 13.4. The molecule has 0 N–H and O–H groups in total. The van der Waals surface area contributed by atoms with Gasteiger partial charge < -0.3 is 14.5 Å². The summed E-state index contributed by atoms with van der Waals surface area (Å²) in [5, 5.41) is 1.73. The van der Waals surface area contributed by atoms with Gasteiger partial charge in [0.05, 0.1) is 10.2 Å². The third-order valence-electron chi connectivity index (χ3n) is 4.74. The second-order valence-corrected chi connectivity index (χ2v) is 7.90. The molecule has 1 aromatic heterocycles. The molecule has 1 aliphatic rings. The number of aromatic nitrogens is 1. The molecule has 7 heteroatoms. The fraction of sp³-hybridized carbons (Fsp3) is 0.300. The Morgan fingerprint density at radius 2 is 1.89 bits per heavy atom. The average molecular weight is 402 g/mol. The Kier molecular flexibility index (Phi) is 5.18. The number of anilines is 1. The maximum Gasteiger partial charge on any atom is 0.260 e. The molecule has 2 aromatic carbocycles. The highest BCUT2D eigenvalue weighted by Crippen LogP contribution is 2.33. The molecule has 0 bridgehead atoms. The number of hydrogen-bond donors (Lipinski definition) is 0. The molecule has 5 nitrogen and oxygen atoms in total. The summed E-state index contributed by atoms with van der Waals surface area (Å²) in [5.41, 5.74) is 1.99. The Morgan fingerprint density at radius 3 is 2.63 bits per heavy atom. The number of thiazole rings is 1. The lowest BCUT2D eigenvalue weighted by atomic mass is 10.2. The van der Waals surface area contributed by atoms with E-state index in [2.05, 4.69) is 4.90 Å². The molecule has 140 valence electrons.